The zero-order valence-electron chi connectivity index (χ0n) is 21.1. The minimum Gasteiger partial charge on any atom is -0.491 e. The van der Waals surface area contributed by atoms with Gasteiger partial charge in [-0.15, -0.1) is 11.3 Å². The summed E-state index contributed by atoms with van der Waals surface area (Å²) in [5.74, 6) is 0.0436. The number of fused-ring (bicyclic) bond motifs is 1. The molecule has 0 fully saturated rings. The van der Waals surface area contributed by atoms with Gasteiger partial charge >= 0.3 is 0 Å². The molecule has 36 heavy (non-hydrogen) atoms. The Hall–Kier alpha value is -3.19. The van der Waals surface area contributed by atoms with Gasteiger partial charge in [0.1, 0.15) is 24.7 Å². The van der Waals surface area contributed by atoms with Gasteiger partial charge in [-0.05, 0) is 66.6 Å². The highest BCUT2D eigenvalue weighted by atomic mass is 32.1. The number of hydrogen-bond acceptors (Lipinski definition) is 4. The Morgan fingerprint density at radius 3 is 2.69 bits per heavy atom. The first-order valence-electron chi connectivity index (χ1n) is 12.5. The highest BCUT2D eigenvalue weighted by molar-refractivity contribution is 7.10. The molecular formula is C29H33FN2O3S. The van der Waals surface area contributed by atoms with Crippen LogP contribution in [0.25, 0.3) is 0 Å². The summed E-state index contributed by atoms with van der Waals surface area (Å²) in [4.78, 5) is 31.7. The van der Waals surface area contributed by atoms with Gasteiger partial charge in [-0.1, -0.05) is 44.0 Å². The molecule has 4 rings (SSSR count). The van der Waals surface area contributed by atoms with Crippen LogP contribution in [0.2, 0.25) is 0 Å². The Labute approximate surface area is 216 Å². The summed E-state index contributed by atoms with van der Waals surface area (Å²) in [6.07, 6.45) is 1.65. The topological polar surface area (TPSA) is 49.9 Å². The number of carbonyl (C=O) groups excluding carboxylic acids is 2. The summed E-state index contributed by atoms with van der Waals surface area (Å²) >= 11 is 1.70. The van der Waals surface area contributed by atoms with E-state index in [0.717, 1.165) is 29.7 Å². The third-order valence-electron chi connectivity index (χ3n) is 6.76. The van der Waals surface area contributed by atoms with Crippen LogP contribution in [0.3, 0.4) is 0 Å². The number of aryl methyl sites for hydroxylation is 1. The zero-order chi connectivity index (χ0) is 25.7. The molecule has 2 amide bonds. The Kier molecular flexibility index (Phi) is 8.41. The molecular weight excluding hydrogens is 475 g/mol. The van der Waals surface area contributed by atoms with E-state index in [1.165, 1.54) is 23.1 Å². The van der Waals surface area contributed by atoms with Crippen molar-refractivity contribution in [1.82, 2.24) is 9.80 Å². The van der Waals surface area contributed by atoms with E-state index in [9.17, 15) is 14.0 Å². The fourth-order valence-corrected chi connectivity index (χ4v) is 5.40. The van der Waals surface area contributed by atoms with Crippen LogP contribution in [-0.2, 0) is 11.2 Å². The summed E-state index contributed by atoms with van der Waals surface area (Å²) in [6, 6.07) is 15.4. The van der Waals surface area contributed by atoms with Crippen LogP contribution < -0.4 is 4.74 Å². The second-order valence-corrected chi connectivity index (χ2v) is 10.5. The Morgan fingerprint density at radius 1 is 1.19 bits per heavy atom. The SMILES string of the molecule is CC[C@H](C)CN(CC(=O)N1CCc2sccc2[C@@H]1COc1ccc(C)cc1)C(=O)c1cccc(F)c1. The maximum atomic E-state index is 13.8. The number of rotatable bonds is 9. The molecule has 3 aromatic rings. The molecule has 7 heteroatoms. The number of halogens is 1. The smallest absolute Gasteiger partial charge is 0.254 e. The first kappa shape index (κ1) is 25.9. The maximum Gasteiger partial charge on any atom is 0.254 e. The molecule has 0 aliphatic carbocycles. The van der Waals surface area contributed by atoms with Crippen LogP contribution in [0, 0.1) is 18.7 Å². The van der Waals surface area contributed by atoms with Gasteiger partial charge in [0.15, 0.2) is 0 Å². The molecule has 1 aliphatic rings. The van der Waals surface area contributed by atoms with Gasteiger partial charge in [0.05, 0.1) is 6.04 Å². The summed E-state index contributed by atoms with van der Waals surface area (Å²) in [7, 11) is 0. The Bertz CT molecular complexity index is 1190. The highest BCUT2D eigenvalue weighted by Gasteiger charge is 2.34. The van der Waals surface area contributed by atoms with Crippen LogP contribution in [0.5, 0.6) is 5.75 Å². The average molecular weight is 509 g/mol. The number of carbonyl (C=O) groups is 2. The maximum absolute atomic E-state index is 13.8. The average Bonchev–Trinajstić information content (AvgIpc) is 3.36. The molecule has 0 spiro atoms. The molecule has 0 unspecified atom stereocenters. The minimum absolute atomic E-state index is 0.0554. The number of thiophene rings is 1. The highest BCUT2D eigenvalue weighted by Crippen LogP contribution is 2.34. The van der Waals surface area contributed by atoms with Crippen molar-refractivity contribution >= 4 is 23.2 Å². The van der Waals surface area contributed by atoms with E-state index < -0.39 is 5.82 Å². The predicted molar refractivity (Wildman–Crippen MR) is 141 cm³/mol. The van der Waals surface area contributed by atoms with E-state index in [4.69, 9.17) is 4.74 Å². The van der Waals surface area contributed by atoms with Crippen molar-refractivity contribution in [3.8, 4) is 5.75 Å². The molecule has 2 atom stereocenters. The molecule has 1 aliphatic heterocycles. The van der Waals surface area contributed by atoms with E-state index in [1.54, 1.807) is 22.3 Å². The number of hydrogen-bond donors (Lipinski definition) is 0. The van der Waals surface area contributed by atoms with Crippen molar-refractivity contribution in [1.29, 1.82) is 0 Å². The second-order valence-electron chi connectivity index (χ2n) is 9.49. The molecule has 190 valence electrons. The van der Waals surface area contributed by atoms with Crippen LogP contribution in [-0.4, -0.2) is 47.9 Å². The Balaban J connectivity index is 1.54. The van der Waals surface area contributed by atoms with Gasteiger partial charge < -0.3 is 14.5 Å². The lowest BCUT2D eigenvalue weighted by molar-refractivity contribution is -0.135. The fourth-order valence-electron chi connectivity index (χ4n) is 4.47. The van der Waals surface area contributed by atoms with Gasteiger partial charge in [0.2, 0.25) is 5.91 Å². The van der Waals surface area contributed by atoms with E-state index in [1.807, 2.05) is 43.0 Å². The number of amides is 2. The Morgan fingerprint density at radius 2 is 1.97 bits per heavy atom. The predicted octanol–water partition coefficient (Wildman–Crippen LogP) is 5.89. The van der Waals surface area contributed by atoms with Crippen molar-refractivity contribution in [2.24, 2.45) is 5.92 Å². The number of ether oxygens (including phenoxy) is 1. The molecule has 0 radical (unpaired) electrons. The molecule has 0 saturated heterocycles. The number of benzene rings is 2. The molecule has 0 bridgehead atoms. The fraction of sp³-hybridized carbons (Fsp3) is 0.379. The molecule has 2 heterocycles. The third-order valence-corrected chi connectivity index (χ3v) is 7.75. The number of nitrogens with zero attached hydrogens (tertiary/aromatic N) is 2. The first-order valence-corrected chi connectivity index (χ1v) is 13.3. The van der Waals surface area contributed by atoms with E-state index in [-0.39, 0.29) is 35.9 Å². The van der Waals surface area contributed by atoms with Crippen LogP contribution >= 0.6 is 11.3 Å². The van der Waals surface area contributed by atoms with E-state index in [0.29, 0.717) is 19.7 Å². The summed E-state index contributed by atoms with van der Waals surface area (Å²) < 4.78 is 19.9. The zero-order valence-corrected chi connectivity index (χ0v) is 21.9. The first-order chi connectivity index (χ1) is 17.4. The van der Waals surface area contributed by atoms with Gasteiger partial charge in [-0.3, -0.25) is 9.59 Å². The van der Waals surface area contributed by atoms with E-state index in [2.05, 4.69) is 18.4 Å². The van der Waals surface area contributed by atoms with Crippen LogP contribution in [0.15, 0.2) is 60.0 Å². The monoisotopic (exact) mass is 508 g/mol. The lowest BCUT2D eigenvalue weighted by Crippen LogP contribution is -2.48. The molecule has 5 nitrogen and oxygen atoms in total. The quantitative estimate of drug-likeness (QED) is 0.362. The molecule has 2 aromatic carbocycles. The largest absolute Gasteiger partial charge is 0.491 e. The van der Waals surface area contributed by atoms with Crippen molar-refractivity contribution < 1.29 is 18.7 Å². The van der Waals surface area contributed by atoms with Crippen molar-refractivity contribution in [2.45, 2.75) is 39.7 Å². The van der Waals surface area contributed by atoms with Crippen molar-refractivity contribution in [3.63, 3.8) is 0 Å². The van der Waals surface area contributed by atoms with Crippen LogP contribution in [0.1, 0.15) is 52.7 Å². The molecule has 0 saturated carbocycles. The van der Waals surface area contributed by atoms with Gasteiger partial charge in [-0.25, -0.2) is 4.39 Å². The lowest BCUT2D eigenvalue weighted by atomic mass is 10.00. The standard InChI is InChI=1S/C29H33FN2O3S/c1-4-20(2)17-31(29(34)22-6-5-7-23(30)16-22)18-28(33)32-14-12-27-25(13-15-36-27)26(32)19-35-24-10-8-21(3)9-11-24/h5-11,13,15-16,20,26H,4,12,14,17-19H2,1-3H3/t20-,26-/m0/s1. The van der Waals surface area contributed by atoms with E-state index >= 15 is 0 Å². The van der Waals surface area contributed by atoms with Gasteiger partial charge in [0, 0.05) is 23.5 Å². The summed E-state index contributed by atoms with van der Waals surface area (Å²) in [6.45, 7) is 7.41. The van der Waals surface area contributed by atoms with Crippen molar-refractivity contribution in [3.05, 3.63) is 87.4 Å². The molecule has 0 N–H and O–H groups in total. The second kappa shape index (κ2) is 11.7. The summed E-state index contributed by atoms with van der Waals surface area (Å²) in [5, 5.41) is 2.06. The lowest BCUT2D eigenvalue weighted by Gasteiger charge is -2.37. The van der Waals surface area contributed by atoms with Crippen molar-refractivity contribution in [2.75, 3.05) is 26.2 Å². The van der Waals surface area contributed by atoms with Gasteiger partial charge in [0.25, 0.3) is 5.91 Å². The van der Waals surface area contributed by atoms with Crippen LogP contribution in [0.4, 0.5) is 4.39 Å². The normalized spacial score (nSPS) is 15.8. The van der Waals surface area contributed by atoms with Gasteiger partial charge in [-0.2, -0.15) is 0 Å². The molecule has 1 aromatic heterocycles. The minimum atomic E-state index is -0.468. The third kappa shape index (κ3) is 6.13. The summed E-state index contributed by atoms with van der Waals surface area (Å²) in [5.41, 5.74) is 2.52.